The third kappa shape index (κ3) is 2.98. The second-order valence-electron chi connectivity index (χ2n) is 5.46. The SMILES string of the molecule is CCC1CCC(C#N)(C(O)c2cncc(Br)c2)CC1. The van der Waals surface area contributed by atoms with E-state index in [1.165, 1.54) is 0 Å². The van der Waals surface area contributed by atoms with Crippen molar-refractivity contribution in [3.8, 4) is 6.07 Å². The average molecular weight is 323 g/mol. The first-order valence-electron chi connectivity index (χ1n) is 6.81. The minimum atomic E-state index is -0.750. The predicted molar refractivity (Wildman–Crippen MR) is 77.2 cm³/mol. The van der Waals surface area contributed by atoms with Crippen LogP contribution in [0.1, 0.15) is 50.7 Å². The molecule has 1 aliphatic carbocycles. The fourth-order valence-corrected chi connectivity index (χ4v) is 3.33. The molecule has 0 bridgehead atoms. The summed E-state index contributed by atoms with van der Waals surface area (Å²) in [5, 5.41) is 20.2. The molecule has 0 aromatic carbocycles. The van der Waals surface area contributed by atoms with Crippen LogP contribution in [0.5, 0.6) is 0 Å². The molecule has 3 nitrogen and oxygen atoms in total. The van der Waals surface area contributed by atoms with Crippen LogP contribution in [0, 0.1) is 22.7 Å². The number of rotatable bonds is 3. The van der Waals surface area contributed by atoms with Crippen LogP contribution >= 0.6 is 15.9 Å². The Labute approximate surface area is 122 Å². The summed E-state index contributed by atoms with van der Waals surface area (Å²) in [6, 6.07) is 4.24. The predicted octanol–water partition coefficient (Wildman–Crippen LogP) is 3.99. The van der Waals surface area contributed by atoms with Gasteiger partial charge in [0.1, 0.15) is 0 Å². The number of nitrogens with zero attached hydrogens (tertiary/aromatic N) is 2. The van der Waals surface area contributed by atoms with Crippen LogP contribution in [0.25, 0.3) is 0 Å². The molecule has 0 aliphatic heterocycles. The fraction of sp³-hybridized carbons (Fsp3) is 0.600. The molecule has 19 heavy (non-hydrogen) atoms. The van der Waals surface area contributed by atoms with Crippen LogP contribution < -0.4 is 0 Å². The minimum Gasteiger partial charge on any atom is -0.387 e. The van der Waals surface area contributed by atoms with E-state index < -0.39 is 11.5 Å². The highest BCUT2D eigenvalue weighted by molar-refractivity contribution is 9.10. The molecule has 1 N–H and O–H groups in total. The van der Waals surface area contributed by atoms with Gasteiger partial charge in [0.05, 0.1) is 17.6 Å². The van der Waals surface area contributed by atoms with E-state index in [0.29, 0.717) is 5.92 Å². The number of hydrogen-bond donors (Lipinski definition) is 1. The maximum absolute atomic E-state index is 10.6. The summed E-state index contributed by atoms with van der Waals surface area (Å²) in [7, 11) is 0. The van der Waals surface area contributed by atoms with Gasteiger partial charge >= 0.3 is 0 Å². The monoisotopic (exact) mass is 322 g/mol. The van der Waals surface area contributed by atoms with Gasteiger partial charge in [-0.15, -0.1) is 0 Å². The van der Waals surface area contributed by atoms with Gasteiger partial charge in [-0.3, -0.25) is 4.98 Å². The van der Waals surface area contributed by atoms with Gasteiger partial charge in [0, 0.05) is 22.4 Å². The first-order chi connectivity index (χ1) is 9.11. The van der Waals surface area contributed by atoms with Crippen molar-refractivity contribution in [1.29, 1.82) is 5.26 Å². The molecule has 1 fully saturated rings. The highest BCUT2D eigenvalue weighted by Crippen LogP contribution is 2.47. The van der Waals surface area contributed by atoms with E-state index in [-0.39, 0.29) is 0 Å². The topological polar surface area (TPSA) is 56.9 Å². The van der Waals surface area contributed by atoms with Crippen LogP contribution in [-0.4, -0.2) is 10.1 Å². The highest BCUT2D eigenvalue weighted by Gasteiger charge is 2.42. The molecule has 2 rings (SSSR count). The van der Waals surface area contributed by atoms with E-state index in [1.54, 1.807) is 12.4 Å². The Bertz CT molecular complexity index is 475. The fourth-order valence-electron chi connectivity index (χ4n) is 2.94. The molecule has 1 heterocycles. The van der Waals surface area contributed by atoms with Crippen molar-refractivity contribution in [1.82, 2.24) is 4.98 Å². The molecule has 0 radical (unpaired) electrons. The number of aliphatic hydroxyl groups excluding tert-OH is 1. The Morgan fingerprint density at radius 2 is 2.21 bits per heavy atom. The zero-order chi connectivity index (χ0) is 13.9. The van der Waals surface area contributed by atoms with Gasteiger partial charge in [-0.2, -0.15) is 5.26 Å². The van der Waals surface area contributed by atoms with Crippen molar-refractivity contribution in [2.75, 3.05) is 0 Å². The van der Waals surface area contributed by atoms with Crippen LogP contribution in [0.3, 0.4) is 0 Å². The molecule has 1 saturated carbocycles. The average Bonchev–Trinajstić information content (AvgIpc) is 2.46. The van der Waals surface area contributed by atoms with Gasteiger partial charge in [0.2, 0.25) is 0 Å². The maximum Gasteiger partial charge on any atom is 0.0991 e. The zero-order valence-electron chi connectivity index (χ0n) is 11.1. The summed E-state index contributed by atoms with van der Waals surface area (Å²) in [4.78, 5) is 4.08. The lowest BCUT2D eigenvalue weighted by Gasteiger charge is -2.38. The van der Waals surface area contributed by atoms with Crippen molar-refractivity contribution in [3.63, 3.8) is 0 Å². The molecule has 1 aliphatic rings. The normalized spacial score (nSPS) is 28.6. The number of aliphatic hydroxyl groups is 1. The van der Waals surface area contributed by atoms with E-state index in [1.807, 2.05) is 6.07 Å². The second-order valence-corrected chi connectivity index (χ2v) is 6.37. The molecule has 1 aromatic rings. The van der Waals surface area contributed by atoms with Crippen molar-refractivity contribution < 1.29 is 5.11 Å². The Kier molecular flexibility index (Phi) is 4.59. The second kappa shape index (κ2) is 6.02. The van der Waals surface area contributed by atoms with Crippen molar-refractivity contribution in [2.45, 2.75) is 45.1 Å². The van der Waals surface area contributed by atoms with Gasteiger partial charge in [-0.1, -0.05) is 13.3 Å². The summed E-state index contributed by atoms with van der Waals surface area (Å²) in [5.41, 5.74) is 0.0830. The molecular formula is C15H19BrN2O. The number of nitriles is 1. The summed E-state index contributed by atoms with van der Waals surface area (Å²) < 4.78 is 0.833. The molecule has 1 unspecified atom stereocenters. The smallest absolute Gasteiger partial charge is 0.0991 e. The van der Waals surface area contributed by atoms with Crippen molar-refractivity contribution in [3.05, 3.63) is 28.5 Å². The van der Waals surface area contributed by atoms with E-state index in [2.05, 4.69) is 33.9 Å². The molecule has 1 aromatic heterocycles. The molecule has 102 valence electrons. The first-order valence-corrected chi connectivity index (χ1v) is 7.60. The molecule has 4 heteroatoms. The first kappa shape index (κ1) is 14.5. The van der Waals surface area contributed by atoms with Gasteiger partial charge in [-0.05, 0) is 53.6 Å². The van der Waals surface area contributed by atoms with Gasteiger partial charge in [-0.25, -0.2) is 0 Å². The maximum atomic E-state index is 10.6. The minimum absolute atomic E-state index is 0.645. The summed E-state index contributed by atoms with van der Waals surface area (Å²) in [6.07, 6.45) is 7.36. The van der Waals surface area contributed by atoms with Crippen LogP contribution in [0.4, 0.5) is 0 Å². The zero-order valence-corrected chi connectivity index (χ0v) is 12.7. The third-order valence-corrected chi connectivity index (χ3v) is 4.80. The molecule has 0 amide bonds. The summed E-state index contributed by atoms with van der Waals surface area (Å²) in [5.74, 6) is 0.703. The molecule has 1 atom stereocenters. The van der Waals surface area contributed by atoms with Crippen molar-refractivity contribution >= 4 is 15.9 Å². The van der Waals surface area contributed by atoms with E-state index in [4.69, 9.17) is 0 Å². The van der Waals surface area contributed by atoms with Crippen LogP contribution in [0.15, 0.2) is 22.9 Å². The number of hydrogen-bond acceptors (Lipinski definition) is 3. The van der Waals surface area contributed by atoms with Gasteiger partial charge in [0.25, 0.3) is 0 Å². The highest BCUT2D eigenvalue weighted by atomic mass is 79.9. The number of pyridine rings is 1. The summed E-state index contributed by atoms with van der Waals surface area (Å²) in [6.45, 7) is 2.19. The van der Waals surface area contributed by atoms with Crippen molar-refractivity contribution in [2.24, 2.45) is 11.3 Å². The number of aromatic nitrogens is 1. The lowest BCUT2D eigenvalue weighted by Crippen LogP contribution is -2.32. The van der Waals surface area contributed by atoms with Crippen LogP contribution in [0.2, 0.25) is 0 Å². The molecule has 0 spiro atoms. The Balaban J connectivity index is 2.21. The van der Waals surface area contributed by atoms with E-state index >= 15 is 0 Å². The largest absolute Gasteiger partial charge is 0.387 e. The Morgan fingerprint density at radius 3 is 2.74 bits per heavy atom. The molecule has 0 saturated heterocycles. The lowest BCUT2D eigenvalue weighted by molar-refractivity contribution is 0.0240. The standard InChI is InChI=1S/C15H19BrN2O/c1-2-11-3-5-15(10-17,6-4-11)14(19)12-7-13(16)9-18-8-12/h7-9,11,14,19H,2-6H2,1H3. The summed E-state index contributed by atoms with van der Waals surface area (Å²) >= 11 is 3.36. The Morgan fingerprint density at radius 1 is 1.53 bits per heavy atom. The molecular weight excluding hydrogens is 304 g/mol. The lowest BCUT2D eigenvalue weighted by atomic mass is 9.66. The van der Waals surface area contributed by atoms with E-state index in [0.717, 1.165) is 42.1 Å². The Hall–Kier alpha value is -0.920. The number of halogens is 1. The van der Waals surface area contributed by atoms with Crippen LogP contribution in [-0.2, 0) is 0 Å². The van der Waals surface area contributed by atoms with Gasteiger partial charge < -0.3 is 5.11 Å². The van der Waals surface area contributed by atoms with Gasteiger partial charge in [0.15, 0.2) is 0 Å². The quantitative estimate of drug-likeness (QED) is 0.915. The third-order valence-electron chi connectivity index (χ3n) is 4.36. The van der Waals surface area contributed by atoms with E-state index in [9.17, 15) is 10.4 Å².